The van der Waals surface area contributed by atoms with Crippen molar-refractivity contribution in [1.29, 1.82) is 0 Å². The van der Waals surface area contributed by atoms with Crippen LogP contribution in [-0.4, -0.2) is 59.4 Å². The number of amides is 1. The van der Waals surface area contributed by atoms with E-state index in [0.717, 1.165) is 41.1 Å². The molecule has 1 atom stereocenters. The number of ether oxygens (including phenoxy) is 2. The predicted octanol–water partition coefficient (Wildman–Crippen LogP) is 1.92. The van der Waals surface area contributed by atoms with Crippen molar-refractivity contribution in [2.45, 2.75) is 13.0 Å². The van der Waals surface area contributed by atoms with Gasteiger partial charge in [-0.1, -0.05) is 0 Å². The van der Waals surface area contributed by atoms with E-state index in [1.165, 1.54) is 0 Å². The summed E-state index contributed by atoms with van der Waals surface area (Å²) in [4.78, 5) is 19.2. The summed E-state index contributed by atoms with van der Waals surface area (Å²) in [5, 5.41) is 5.29. The number of pyridine rings is 1. The lowest BCUT2D eigenvalue weighted by Crippen LogP contribution is -2.29. The number of hydrogen-bond donors (Lipinski definition) is 1. The van der Waals surface area contributed by atoms with E-state index in [9.17, 15) is 4.79 Å². The van der Waals surface area contributed by atoms with Crippen molar-refractivity contribution in [1.82, 2.24) is 19.7 Å². The molecule has 0 bridgehead atoms. The fourth-order valence-electron chi connectivity index (χ4n) is 3.74. The van der Waals surface area contributed by atoms with Gasteiger partial charge in [0.2, 0.25) is 0 Å². The number of aromatic nitrogens is 3. The van der Waals surface area contributed by atoms with Crippen molar-refractivity contribution in [2.24, 2.45) is 11.7 Å². The van der Waals surface area contributed by atoms with Crippen LogP contribution in [0.25, 0.3) is 11.0 Å². The second-order valence-electron chi connectivity index (χ2n) is 7.26. The Bertz CT molecular complexity index is 1030. The molecule has 152 valence electrons. The minimum Gasteiger partial charge on any atom is -0.497 e. The average molecular weight is 395 g/mol. The van der Waals surface area contributed by atoms with Gasteiger partial charge in [-0.05, 0) is 37.1 Å². The molecule has 29 heavy (non-hydrogen) atoms. The Morgan fingerprint density at radius 1 is 1.24 bits per heavy atom. The minimum absolute atomic E-state index is 0.0000707. The number of nitrogens with two attached hydrogens (primary N) is 1. The Hall–Kier alpha value is -3.13. The van der Waals surface area contributed by atoms with Crippen molar-refractivity contribution >= 4 is 16.9 Å². The summed E-state index contributed by atoms with van der Waals surface area (Å²) in [6.07, 6.45) is 4.32. The highest BCUT2D eigenvalue weighted by atomic mass is 16.5. The topological polar surface area (TPSA) is 95.5 Å². The van der Waals surface area contributed by atoms with Gasteiger partial charge in [0.15, 0.2) is 5.65 Å². The largest absolute Gasteiger partial charge is 0.497 e. The van der Waals surface area contributed by atoms with Crippen molar-refractivity contribution in [3.63, 3.8) is 0 Å². The highest BCUT2D eigenvalue weighted by molar-refractivity contribution is 5.97. The average Bonchev–Trinajstić information content (AvgIpc) is 3.40. The number of carbonyl (C=O) groups excluding carboxylic acids is 1. The van der Waals surface area contributed by atoms with Gasteiger partial charge in [0.25, 0.3) is 5.91 Å². The number of rotatable bonds is 6. The summed E-state index contributed by atoms with van der Waals surface area (Å²) in [7, 11) is 3.25. The highest BCUT2D eigenvalue weighted by Gasteiger charge is 2.26. The zero-order valence-corrected chi connectivity index (χ0v) is 16.7. The van der Waals surface area contributed by atoms with Gasteiger partial charge in [0, 0.05) is 36.3 Å². The second kappa shape index (κ2) is 8.08. The summed E-state index contributed by atoms with van der Waals surface area (Å²) in [5.41, 5.74) is 8.00. The number of likely N-dealkylation sites (tertiary alicyclic amines) is 1. The van der Waals surface area contributed by atoms with Crippen LogP contribution in [0.2, 0.25) is 0 Å². The molecule has 1 aromatic carbocycles. The van der Waals surface area contributed by atoms with Crippen LogP contribution >= 0.6 is 0 Å². The Labute approximate surface area is 169 Å². The van der Waals surface area contributed by atoms with E-state index >= 15 is 0 Å². The van der Waals surface area contributed by atoms with E-state index in [1.54, 1.807) is 31.3 Å². The quantitative estimate of drug-likeness (QED) is 0.685. The molecule has 3 heterocycles. The number of methoxy groups -OCH3 is 2. The first kappa shape index (κ1) is 19.2. The fourth-order valence-corrected chi connectivity index (χ4v) is 3.74. The third-order valence-electron chi connectivity index (χ3n) is 5.44. The predicted molar refractivity (Wildman–Crippen MR) is 109 cm³/mol. The van der Waals surface area contributed by atoms with Crippen LogP contribution in [0.1, 0.15) is 22.3 Å². The molecule has 0 saturated carbocycles. The van der Waals surface area contributed by atoms with Crippen molar-refractivity contribution < 1.29 is 14.3 Å². The molecule has 3 aromatic rings. The number of carbonyl (C=O) groups is 1. The molecule has 4 rings (SSSR count). The lowest BCUT2D eigenvalue weighted by Gasteiger charge is -2.16. The normalized spacial score (nSPS) is 16.4. The van der Waals surface area contributed by atoms with E-state index in [-0.39, 0.29) is 5.91 Å². The fraction of sp³-hybridized carbons (Fsp3) is 0.381. The molecule has 0 spiro atoms. The molecule has 1 aliphatic rings. The molecule has 1 unspecified atom stereocenters. The zero-order chi connectivity index (χ0) is 20.4. The van der Waals surface area contributed by atoms with Crippen LogP contribution in [0.3, 0.4) is 0 Å². The summed E-state index contributed by atoms with van der Waals surface area (Å²) in [6, 6.07) is 7.54. The Kier molecular flexibility index (Phi) is 5.35. The maximum absolute atomic E-state index is 12.8. The first-order chi connectivity index (χ1) is 14.1. The zero-order valence-electron chi connectivity index (χ0n) is 16.7. The van der Waals surface area contributed by atoms with E-state index < -0.39 is 0 Å². The summed E-state index contributed by atoms with van der Waals surface area (Å²) >= 11 is 0. The van der Waals surface area contributed by atoms with Gasteiger partial charge in [-0.15, -0.1) is 0 Å². The number of hydrogen-bond acceptors (Lipinski definition) is 6. The van der Waals surface area contributed by atoms with Gasteiger partial charge in [-0.2, -0.15) is 5.10 Å². The Balaban J connectivity index is 1.57. The number of benzene rings is 1. The van der Waals surface area contributed by atoms with E-state index in [0.29, 0.717) is 31.1 Å². The SMILES string of the molecule is COc1ccc(Cn2ncc3cc(C(=O)N4CCC(CN)C4)cnc32)c(OC)c1. The van der Waals surface area contributed by atoms with Gasteiger partial charge in [0.1, 0.15) is 11.5 Å². The molecule has 1 aliphatic heterocycles. The van der Waals surface area contributed by atoms with E-state index in [1.807, 2.05) is 29.2 Å². The lowest BCUT2D eigenvalue weighted by atomic mass is 10.1. The molecule has 0 aliphatic carbocycles. The molecular weight excluding hydrogens is 370 g/mol. The van der Waals surface area contributed by atoms with Crippen LogP contribution in [0.5, 0.6) is 11.5 Å². The van der Waals surface area contributed by atoms with Gasteiger partial charge in [0.05, 0.1) is 32.5 Å². The van der Waals surface area contributed by atoms with Gasteiger partial charge < -0.3 is 20.1 Å². The van der Waals surface area contributed by atoms with Crippen molar-refractivity contribution in [3.8, 4) is 11.5 Å². The monoisotopic (exact) mass is 395 g/mol. The molecule has 2 aromatic heterocycles. The number of fused-ring (bicyclic) bond motifs is 1. The van der Waals surface area contributed by atoms with Gasteiger partial charge in [-0.3, -0.25) is 4.79 Å². The molecule has 8 heteroatoms. The first-order valence-corrected chi connectivity index (χ1v) is 9.64. The van der Waals surface area contributed by atoms with Crippen LogP contribution in [0.15, 0.2) is 36.7 Å². The van der Waals surface area contributed by atoms with E-state index in [4.69, 9.17) is 15.2 Å². The lowest BCUT2D eigenvalue weighted by molar-refractivity contribution is 0.0787. The van der Waals surface area contributed by atoms with E-state index in [2.05, 4.69) is 10.1 Å². The van der Waals surface area contributed by atoms with Crippen molar-refractivity contribution in [2.75, 3.05) is 33.9 Å². The number of nitrogens with zero attached hydrogens (tertiary/aromatic N) is 4. The van der Waals surface area contributed by atoms with Crippen molar-refractivity contribution in [3.05, 3.63) is 47.8 Å². The molecule has 1 saturated heterocycles. The minimum atomic E-state index is -0.0000707. The molecule has 1 fully saturated rings. The van der Waals surface area contributed by atoms with Crippen LogP contribution in [0, 0.1) is 5.92 Å². The maximum Gasteiger partial charge on any atom is 0.255 e. The highest BCUT2D eigenvalue weighted by Crippen LogP contribution is 2.26. The molecule has 2 N–H and O–H groups in total. The third-order valence-corrected chi connectivity index (χ3v) is 5.44. The summed E-state index contributed by atoms with van der Waals surface area (Å²) < 4.78 is 12.5. The smallest absolute Gasteiger partial charge is 0.255 e. The van der Waals surface area contributed by atoms with Gasteiger partial charge in [-0.25, -0.2) is 9.67 Å². The third kappa shape index (κ3) is 3.75. The van der Waals surface area contributed by atoms with Crippen LogP contribution in [-0.2, 0) is 6.54 Å². The molecule has 8 nitrogen and oxygen atoms in total. The Morgan fingerprint density at radius 2 is 2.10 bits per heavy atom. The molecule has 1 amide bonds. The summed E-state index contributed by atoms with van der Waals surface area (Å²) in [6.45, 7) is 2.57. The van der Waals surface area contributed by atoms with Crippen LogP contribution < -0.4 is 15.2 Å². The Morgan fingerprint density at radius 3 is 2.83 bits per heavy atom. The van der Waals surface area contributed by atoms with Crippen LogP contribution in [0.4, 0.5) is 0 Å². The maximum atomic E-state index is 12.8. The standard InChI is InChI=1S/C21H25N5O3/c1-28-18-4-3-15(19(8-18)29-2)13-26-20-16(11-24-26)7-17(10-23-20)21(27)25-6-5-14(9-22)12-25/h3-4,7-8,10-11,14H,5-6,9,12-13,22H2,1-2H3. The van der Waals surface area contributed by atoms with Gasteiger partial charge >= 0.3 is 0 Å². The first-order valence-electron chi connectivity index (χ1n) is 9.64. The molecular formula is C21H25N5O3. The summed E-state index contributed by atoms with van der Waals surface area (Å²) in [5.74, 6) is 1.84. The second-order valence-corrected chi connectivity index (χ2v) is 7.26. The molecule has 0 radical (unpaired) electrons.